The van der Waals surface area contributed by atoms with Crippen molar-refractivity contribution in [1.29, 1.82) is 0 Å². The van der Waals surface area contributed by atoms with Crippen LogP contribution in [-0.2, 0) is 25.7 Å². The molecule has 0 saturated carbocycles. The Morgan fingerprint density at radius 2 is 1.88 bits per heavy atom. The number of aryl methyl sites for hydroxylation is 2. The molecular formula is C26H32N4O2S2. The van der Waals surface area contributed by atoms with E-state index in [1.807, 2.05) is 0 Å². The molecule has 1 atom stereocenters. The fourth-order valence-corrected chi connectivity index (χ4v) is 7.66. The van der Waals surface area contributed by atoms with E-state index in [-0.39, 0.29) is 11.3 Å². The highest BCUT2D eigenvalue weighted by molar-refractivity contribution is 7.21. The molecule has 8 heteroatoms. The van der Waals surface area contributed by atoms with Gasteiger partial charge in [-0.1, -0.05) is 27.2 Å². The van der Waals surface area contributed by atoms with Crippen LogP contribution in [-0.4, -0.2) is 16.8 Å². The molecule has 2 aliphatic rings. The lowest BCUT2D eigenvalue weighted by molar-refractivity contribution is 0.1000. The van der Waals surface area contributed by atoms with Gasteiger partial charge in [-0.3, -0.25) is 9.59 Å². The number of nitrogens with one attached hydrogen (secondary N) is 1. The topological polar surface area (TPSA) is 111 Å². The van der Waals surface area contributed by atoms with Crippen molar-refractivity contribution in [3.05, 3.63) is 38.2 Å². The van der Waals surface area contributed by atoms with Crippen LogP contribution in [0.5, 0.6) is 0 Å². The number of carbonyl (C=O) groups is 2. The number of hydrogen-bond acceptors (Lipinski definition) is 6. The smallest absolute Gasteiger partial charge is 0.268 e. The fraction of sp³-hybridized carbons (Fsp3) is 0.500. The highest BCUT2D eigenvalue weighted by Crippen LogP contribution is 2.44. The average Bonchev–Trinajstić information content (AvgIpc) is 3.18. The standard InChI is InChI=1S/C26H32N4O2S2/c1-26(2,3)14-9-10-15-18(12-14)33-25(19(15)22(28)31)30-23(32)21-20(27)16-11-13-7-5-4-6-8-17(13)29-24(16)34-21/h11,14H,4-10,12,27H2,1-3H3,(H2,28,31)(H,30,32). The number of nitrogens with zero attached hydrogens (tertiary/aromatic N) is 1. The van der Waals surface area contributed by atoms with E-state index in [1.165, 1.54) is 34.7 Å². The number of nitrogen functional groups attached to an aromatic ring is 1. The van der Waals surface area contributed by atoms with Crippen LogP contribution in [0.25, 0.3) is 10.2 Å². The molecule has 2 aliphatic carbocycles. The minimum atomic E-state index is -0.489. The van der Waals surface area contributed by atoms with E-state index in [1.54, 1.807) is 0 Å². The number of anilines is 2. The molecular weight excluding hydrogens is 464 g/mol. The first-order valence-corrected chi connectivity index (χ1v) is 13.7. The van der Waals surface area contributed by atoms with Crippen LogP contribution in [0.1, 0.15) is 88.2 Å². The van der Waals surface area contributed by atoms with Crippen molar-refractivity contribution in [2.75, 3.05) is 11.1 Å². The first-order valence-electron chi connectivity index (χ1n) is 12.1. The van der Waals surface area contributed by atoms with Crippen LogP contribution in [0.3, 0.4) is 0 Å². The molecule has 0 saturated heterocycles. The number of primary amides is 1. The Morgan fingerprint density at radius 1 is 1.12 bits per heavy atom. The number of rotatable bonds is 3. The first-order chi connectivity index (χ1) is 16.1. The molecule has 1 unspecified atom stereocenters. The lowest BCUT2D eigenvalue weighted by Crippen LogP contribution is -2.27. The average molecular weight is 497 g/mol. The Bertz CT molecular complexity index is 1300. The molecule has 0 aliphatic heterocycles. The second kappa shape index (κ2) is 8.64. The van der Waals surface area contributed by atoms with Gasteiger partial charge in [0.05, 0.1) is 11.3 Å². The number of amides is 2. The molecule has 2 amide bonds. The summed E-state index contributed by atoms with van der Waals surface area (Å²) in [5.74, 6) is -0.261. The zero-order chi connectivity index (χ0) is 24.2. The summed E-state index contributed by atoms with van der Waals surface area (Å²) in [7, 11) is 0. The van der Waals surface area contributed by atoms with Gasteiger partial charge in [0.2, 0.25) is 0 Å². The number of hydrogen-bond donors (Lipinski definition) is 3. The van der Waals surface area contributed by atoms with Crippen molar-refractivity contribution in [2.45, 2.75) is 72.1 Å². The summed E-state index contributed by atoms with van der Waals surface area (Å²) < 4.78 is 0. The van der Waals surface area contributed by atoms with Gasteiger partial charge in [-0.15, -0.1) is 22.7 Å². The van der Waals surface area contributed by atoms with E-state index in [2.05, 4.69) is 32.2 Å². The Labute approximate surface area is 208 Å². The van der Waals surface area contributed by atoms with E-state index >= 15 is 0 Å². The Kier molecular flexibility index (Phi) is 5.92. The molecule has 34 heavy (non-hydrogen) atoms. The predicted molar refractivity (Wildman–Crippen MR) is 141 cm³/mol. The van der Waals surface area contributed by atoms with Crippen molar-refractivity contribution in [3.8, 4) is 0 Å². The SMILES string of the molecule is CC(C)(C)C1CCc2c(sc(NC(=O)c3sc4nc5c(cc4c3N)CCCCC5)c2C(N)=O)C1. The Morgan fingerprint density at radius 3 is 2.62 bits per heavy atom. The lowest BCUT2D eigenvalue weighted by atomic mass is 9.72. The number of fused-ring (bicyclic) bond motifs is 3. The van der Waals surface area contributed by atoms with E-state index in [0.717, 1.165) is 71.3 Å². The molecule has 6 nitrogen and oxygen atoms in total. The van der Waals surface area contributed by atoms with E-state index < -0.39 is 5.91 Å². The maximum atomic E-state index is 13.3. The molecule has 0 aromatic carbocycles. The van der Waals surface area contributed by atoms with E-state index in [4.69, 9.17) is 16.5 Å². The molecule has 3 aromatic rings. The zero-order valence-corrected chi connectivity index (χ0v) is 21.7. The van der Waals surface area contributed by atoms with Crippen molar-refractivity contribution in [2.24, 2.45) is 17.1 Å². The summed E-state index contributed by atoms with van der Waals surface area (Å²) in [5.41, 5.74) is 16.7. The largest absolute Gasteiger partial charge is 0.397 e. The minimum absolute atomic E-state index is 0.189. The highest BCUT2D eigenvalue weighted by Gasteiger charge is 2.34. The number of nitrogens with two attached hydrogens (primary N) is 2. The number of pyridine rings is 1. The third-order valence-corrected chi connectivity index (χ3v) is 9.70. The van der Waals surface area contributed by atoms with E-state index in [9.17, 15) is 9.59 Å². The second-order valence-corrected chi connectivity index (χ2v) is 12.8. The van der Waals surface area contributed by atoms with Crippen LogP contribution < -0.4 is 16.8 Å². The van der Waals surface area contributed by atoms with E-state index in [0.29, 0.717) is 27.0 Å². The van der Waals surface area contributed by atoms with Gasteiger partial charge in [-0.25, -0.2) is 4.98 Å². The van der Waals surface area contributed by atoms with Gasteiger partial charge in [0.25, 0.3) is 11.8 Å². The van der Waals surface area contributed by atoms with Crippen molar-refractivity contribution < 1.29 is 9.59 Å². The number of aromatic nitrogens is 1. The maximum Gasteiger partial charge on any atom is 0.268 e. The van der Waals surface area contributed by atoms with Crippen molar-refractivity contribution >= 4 is 55.4 Å². The monoisotopic (exact) mass is 496 g/mol. The third-order valence-electron chi connectivity index (χ3n) is 7.42. The predicted octanol–water partition coefficient (Wildman–Crippen LogP) is 5.71. The molecule has 0 fully saturated rings. The molecule has 0 radical (unpaired) electrons. The quantitative estimate of drug-likeness (QED) is 0.403. The van der Waals surface area contributed by atoms with Gasteiger partial charge in [0.1, 0.15) is 14.7 Å². The van der Waals surface area contributed by atoms with Crippen LogP contribution in [0.2, 0.25) is 0 Å². The molecule has 3 aromatic heterocycles. The van der Waals surface area contributed by atoms with Crippen LogP contribution in [0.15, 0.2) is 6.07 Å². The minimum Gasteiger partial charge on any atom is -0.397 e. The summed E-state index contributed by atoms with van der Waals surface area (Å²) in [6.45, 7) is 6.77. The molecule has 0 spiro atoms. The normalized spacial score (nSPS) is 18.3. The Balaban J connectivity index is 1.47. The molecule has 5 N–H and O–H groups in total. The molecule has 180 valence electrons. The summed E-state index contributed by atoms with van der Waals surface area (Å²) in [6, 6.07) is 2.12. The molecule has 5 rings (SSSR count). The maximum absolute atomic E-state index is 13.3. The number of carbonyl (C=O) groups excluding carboxylic acids is 2. The van der Waals surface area contributed by atoms with Gasteiger partial charge < -0.3 is 16.8 Å². The first kappa shape index (κ1) is 23.3. The van der Waals surface area contributed by atoms with Crippen molar-refractivity contribution in [3.63, 3.8) is 0 Å². The fourth-order valence-electron chi connectivity index (χ4n) is 5.34. The van der Waals surface area contributed by atoms with Crippen molar-refractivity contribution in [1.82, 2.24) is 4.98 Å². The van der Waals surface area contributed by atoms with Crippen LogP contribution in [0.4, 0.5) is 10.7 Å². The molecule has 0 bridgehead atoms. The van der Waals surface area contributed by atoms with Gasteiger partial charge >= 0.3 is 0 Å². The van der Waals surface area contributed by atoms with Gasteiger partial charge in [-0.2, -0.15) is 0 Å². The third kappa shape index (κ3) is 4.11. The second-order valence-electron chi connectivity index (χ2n) is 10.7. The van der Waals surface area contributed by atoms with Gasteiger partial charge in [-0.05, 0) is 73.5 Å². The zero-order valence-electron chi connectivity index (χ0n) is 20.0. The Hall–Kier alpha value is -2.45. The summed E-state index contributed by atoms with van der Waals surface area (Å²) in [5, 5.41) is 4.37. The van der Waals surface area contributed by atoms with Crippen LogP contribution >= 0.6 is 22.7 Å². The number of thiophene rings is 2. The summed E-state index contributed by atoms with van der Waals surface area (Å²) in [6.07, 6.45) is 8.23. The molecule has 3 heterocycles. The van der Waals surface area contributed by atoms with Gasteiger partial charge in [0, 0.05) is 16.0 Å². The summed E-state index contributed by atoms with van der Waals surface area (Å²) >= 11 is 2.81. The summed E-state index contributed by atoms with van der Waals surface area (Å²) in [4.78, 5) is 33.0. The lowest BCUT2D eigenvalue weighted by Gasteiger charge is -2.33. The van der Waals surface area contributed by atoms with Gasteiger partial charge in [0.15, 0.2) is 0 Å². The highest BCUT2D eigenvalue weighted by atomic mass is 32.1. The van der Waals surface area contributed by atoms with Crippen LogP contribution in [0, 0.1) is 11.3 Å².